The van der Waals surface area contributed by atoms with Crippen LogP contribution < -0.4 is 0 Å². The molecule has 0 aromatic carbocycles. The van der Waals surface area contributed by atoms with E-state index in [0.717, 1.165) is 13.0 Å². The van der Waals surface area contributed by atoms with Crippen LogP contribution in [0.15, 0.2) is 17.1 Å². The third-order valence-corrected chi connectivity index (χ3v) is 1.98. The first-order valence-electron chi connectivity index (χ1n) is 4.13. The summed E-state index contributed by atoms with van der Waals surface area (Å²) in [6.45, 7) is 5.42. The largest absolute Gasteiger partial charge is 0.354 e. The van der Waals surface area contributed by atoms with Crippen molar-refractivity contribution in [2.75, 3.05) is 13.6 Å². The van der Waals surface area contributed by atoms with Gasteiger partial charge in [0, 0.05) is 26.1 Å². The zero-order valence-electron chi connectivity index (χ0n) is 7.54. The Kier molecular flexibility index (Phi) is 2.69. The molecule has 1 heterocycles. The lowest BCUT2D eigenvalue weighted by molar-refractivity contribution is 0.372. The molecule has 1 aliphatic heterocycles. The number of rotatable bonds is 1. The second-order valence-corrected chi connectivity index (χ2v) is 3.06. The van der Waals surface area contributed by atoms with Crippen LogP contribution in [-0.4, -0.2) is 30.4 Å². The highest BCUT2D eigenvalue weighted by Crippen LogP contribution is 2.08. The fourth-order valence-corrected chi connectivity index (χ4v) is 1.33. The van der Waals surface area contributed by atoms with Gasteiger partial charge < -0.3 is 4.90 Å². The first kappa shape index (κ1) is 8.31. The van der Waals surface area contributed by atoms with Crippen molar-refractivity contribution in [3.8, 4) is 0 Å². The lowest BCUT2D eigenvalue weighted by atomic mass is 10.2. The molecule has 0 fully saturated rings. The second-order valence-electron chi connectivity index (χ2n) is 3.06. The van der Waals surface area contributed by atoms with E-state index in [1.807, 2.05) is 7.05 Å². The van der Waals surface area contributed by atoms with Gasteiger partial charge in [-0.25, -0.2) is 0 Å². The van der Waals surface area contributed by atoms with Crippen LogP contribution in [0.25, 0.3) is 0 Å². The minimum atomic E-state index is 0.568. The van der Waals surface area contributed by atoms with E-state index in [9.17, 15) is 0 Å². The highest BCUT2D eigenvalue weighted by Gasteiger charge is 2.13. The molecule has 0 spiro atoms. The van der Waals surface area contributed by atoms with Crippen molar-refractivity contribution >= 4 is 5.84 Å². The lowest BCUT2D eigenvalue weighted by Gasteiger charge is -2.30. The fourth-order valence-electron chi connectivity index (χ4n) is 1.33. The topological polar surface area (TPSA) is 15.6 Å². The van der Waals surface area contributed by atoms with Gasteiger partial charge in [-0.05, 0) is 13.8 Å². The summed E-state index contributed by atoms with van der Waals surface area (Å²) in [4.78, 5) is 6.56. The van der Waals surface area contributed by atoms with Crippen LogP contribution in [0.4, 0.5) is 0 Å². The van der Waals surface area contributed by atoms with E-state index >= 15 is 0 Å². The van der Waals surface area contributed by atoms with Crippen molar-refractivity contribution in [1.29, 1.82) is 0 Å². The standard InChI is InChI=1S/C9H16N2/c1-8(2)11-7-5-4-6-9(11)10-3/h4-5,8H,6-7H2,1-3H3. The number of hydrogen-bond acceptors (Lipinski definition) is 1. The molecule has 0 atom stereocenters. The van der Waals surface area contributed by atoms with Gasteiger partial charge in [0.15, 0.2) is 0 Å². The molecule has 0 saturated carbocycles. The monoisotopic (exact) mass is 152 g/mol. The molecule has 0 saturated heterocycles. The van der Waals surface area contributed by atoms with Gasteiger partial charge in [-0.3, -0.25) is 4.99 Å². The van der Waals surface area contributed by atoms with Gasteiger partial charge >= 0.3 is 0 Å². The van der Waals surface area contributed by atoms with Crippen molar-refractivity contribution < 1.29 is 0 Å². The maximum atomic E-state index is 4.24. The quantitative estimate of drug-likeness (QED) is 0.522. The predicted octanol–water partition coefficient (Wildman–Crippen LogP) is 1.69. The van der Waals surface area contributed by atoms with Crippen molar-refractivity contribution in [2.45, 2.75) is 26.3 Å². The molecule has 1 aliphatic rings. The van der Waals surface area contributed by atoms with Gasteiger partial charge in [0.1, 0.15) is 5.84 Å². The summed E-state index contributed by atoms with van der Waals surface area (Å²) in [5, 5.41) is 0. The van der Waals surface area contributed by atoms with Gasteiger partial charge in [0.05, 0.1) is 0 Å². The van der Waals surface area contributed by atoms with Gasteiger partial charge in [-0.2, -0.15) is 0 Å². The minimum absolute atomic E-state index is 0.568. The zero-order valence-corrected chi connectivity index (χ0v) is 7.54. The second kappa shape index (κ2) is 3.56. The molecule has 0 aromatic heterocycles. The maximum Gasteiger partial charge on any atom is 0.103 e. The van der Waals surface area contributed by atoms with E-state index < -0.39 is 0 Å². The zero-order chi connectivity index (χ0) is 8.27. The predicted molar refractivity (Wildman–Crippen MR) is 49.0 cm³/mol. The van der Waals surface area contributed by atoms with Crippen LogP contribution in [0.2, 0.25) is 0 Å². The van der Waals surface area contributed by atoms with E-state index in [-0.39, 0.29) is 0 Å². The van der Waals surface area contributed by atoms with Crippen molar-refractivity contribution in [2.24, 2.45) is 4.99 Å². The Morgan fingerprint density at radius 1 is 1.45 bits per heavy atom. The molecule has 2 nitrogen and oxygen atoms in total. The summed E-state index contributed by atoms with van der Waals surface area (Å²) in [5.41, 5.74) is 0. The molecule has 0 radical (unpaired) electrons. The van der Waals surface area contributed by atoms with E-state index in [0.29, 0.717) is 6.04 Å². The number of aliphatic imine (C=N–C) groups is 1. The normalized spacial score (nSPS) is 21.8. The van der Waals surface area contributed by atoms with E-state index in [1.54, 1.807) is 0 Å². The van der Waals surface area contributed by atoms with Crippen LogP contribution in [0.3, 0.4) is 0 Å². The Hall–Kier alpha value is -0.790. The molecule has 0 aromatic rings. The Bertz CT molecular complexity index is 180. The van der Waals surface area contributed by atoms with Crippen molar-refractivity contribution in [1.82, 2.24) is 4.90 Å². The van der Waals surface area contributed by atoms with Crippen molar-refractivity contribution in [3.05, 3.63) is 12.2 Å². The molecule has 0 bridgehead atoms. The summed E-state index contributed by atoms with van der Waals surface area (Å²) in [6, 6.07) is 0.568. The third-order valence-electron chi connectivity index (χ3n) is 1.98. The summed E-state index contributed by atoms with van der Waals surface area (Å²) < 4.78 is 0. The Labute approximate surface area is 68.6 Å². The van der Waals surface area contributed by atoms with Crippen LogP contribution in [0, 0.1) is 0 Å². The summed E-state index contributed by atoms with van der Waals surface area (Å²) in [6.07, 6.45) is 5.38. The van der Waals surface area contributed by atoms with Gasteiger partial charge in [0.25, 0.3) is 0 Å². The SMILES string of the molecule is CN=C1CC=CCN1C(C)C. The average Bonchev–Trinajstić information content (AvgIpc) is 2.04. The first-order chi connectivity index (χ1) is 5.25. The highest BCUT2D eigenvalue weighted by molar-refractivity contribution is 5.84. The smallest absolute Gasteiger partial charge is 0.103 e. The van der Waals surface area contributed by atoms with E-state index in [4.69, 9.17) is 0 Å². The molecule has 2 heteroatoms. The summed E-state index contributed by atoms with van der Waals surface area (Å²) in [5.74, 6) is 1.21. The Morgan fingerprint density at radius 3 is 2.64 bits per heavy atom. The average molecular weight is 152 g/mol. The van der Waals surface area contributed by atoms with Crippen LogP contribution in [0.5, 0.6) is 0 Å². The maximum absolute atomic E-state index is 4.24. The van der Waals surface area contributed by atoms with Gasteiger partial charge in [-0.15, -0.1) is 0 Å². The lowest BCUT2D eigenvalue weighted by Crippen LogP contribution is -2.38. The van der Waals surface area contributed by atoms with Crippen LogP contribution in [0.1, 0.15) is 20.3 Å². The molecule has 62 valence electrons. The Morgan fingerprint density at radius 2 is 2.18 bits per heavy atom. The molecule has 1 rings (SSSR count). The third kappa shape index (κ3) is 1.82. The van der Waals surface area contributed by atoms with E-state index in [1.165, 1.54) is 5.84 Å². The fraction of sp³-hybridized carbons (Fsp3) is 0.667. The molecule has 0 aliphatic carbocycles. The number of hydrogen-bond donors (Lipinski definition) is 0. The molecule has 0 unspecified atom stereocenters. The van der Waals surface area contributed by atoms with Crippen molar-refractivity contribution in [3.63, 3.8) is 0 Å². The molecule has 0 N–H and O–H groups in total. The van der Waals surface area contributed by atoms with Gasteiger partial charge in [-0.1, -0.05) is 12.2 Å². The summed E-state index contributed by atoms with van der Waals surface area (Å²) >= 11 is 0. The summed E-state index contributed by atoms with van der Waals surface area (Å²) in [7, 11) is 1.86. The van der Waals surface area contributed by atoms with E-state index in [2.05, 4.69) is 35.9 Å². The molecule has 0 amide bonds. The van der Waals surface area contributed by atoms with Crippen LogP contribution in [-0.2, 0) is 0 Å². The van der Waals surface area contributed by atoms with Crippen LogP contribution >= 0.6 is 0 Å². The molecular weight excluding hydrogens is 136 g/mol. The molecule has 11 heavy (non-hydrogen) atoms. The first-order valence-corrected chi connectivity index (χ1v) is 4.13. The number of amidine groups is 1. The minimum Gasteiger partial charge on any atom is -0.354 e. The van der Waals surface area contributed by atoms with Gasteiger partial charge in [0.2, 0.25) is 0 Å². The number of nitrogens with zero attached hydrogens (tertiary/aromatic N) is 2. The molecular formula is C9H16N2. The highest BCUT2D eigenvalue weighted by atomic mass is 15.2. The Balaban J connectivity index is 2.70.